The molecule has 2 saturated carbocycles. The minimum Gasteiger partial charge on any atom is -0.394 e. The minimum atomic E-state index is -0.0214. The minimum absolute atomic E-state index is 0.0214. The lowest BCUT2D eigenvalue weighted by Crippen LogP contribution is -2.47. The Morgan fingerprint density at radius 1 is 1.53 bits per heavy atom. The fourth-order valence-electron chi connectivity index (χ4n) is 3.03. The van der Waals surface area contributed by atoms with Gasteiger partial charge in [0.25, 0.3) is 0 Å². The Hall–Kier alpha value is -0.520. The summed E-state index contributed by atoms with van der Waals surface area (Å²) in [6, 6.07) is 2.81. The highest BCUT2D eigenvalue weighted by Crippen LogP contribution is 2.41. The number of aryl methyl sites for hydroxylation is 2. The van der Waals surface area contributed by atoms with E-state index in [1.165, 1.54) is 24.3 Å². The molecule has 0 saturated heterocycles. The maximum Gasteiger partial charge on any atom is 0.0942 e. The van der Waals surface area contributed by atoms with Gasteiger partial charge in [-0.2, -0.15) is 5.10 Å². The summed E-state index contributed by atoms with van der Waals surface area (Å²) in [5.74, 6) is 0. The van der Waals surface area contributed by atoms with Crippen molar-refractivity contribution in [2.24, 2.45) is 7.05 Å². The monoisotopic (exact) mass is 281 g/mol. The molecule has 0 bridgehead atoms. The van der Waals surface area contributed by atoms with Crippen LogP contribution >= 0.6 is 11.8 Å². The first kappa shape index (κ1) is 13.5. The maximum atomic E-state index is 9.75. The van der Waals surface area contributed by atoms with Gasteiger partial charge >= 0.3 is 0 Å². The molecule has 1 heterocycles. The molecule has 1 aromatic heterocycles. The number of thioether (sulfide) groups is 1. The second kappa shape index (κ2) is 5.11. The normalized spacial score (nSPS) is 31.0. The molecule has 2 aliphatic rings. The van der Waals surface area contributed by atoms with Gasteiger partial charge in [-0.05, 0) is 45.1 Å². The van der Waals surface area contributed by atoms with E-state index in [0.717, 1.165) is 18.5 Å². The van der Waals surface area contributed by atoms with E-state index in [1.807, 2.05) is 30.4 Å². The van der Waals surface area contributed by atoms with Crippen molar-refractivity contribution in [3.05, 3.63) is 11.8 Å². The predicted molar refractivity (Wildman–Crippen MR) is 77.4 cm³/mol. The average molecular weight is 281 g/mol. The van der Waals surface area contributed by atoms with Crippen LogP contribution in [0, 0.1) is 6.92 Å². The Morgan fingerprint density at radius 2 is 2.32 bits per heavy atom. The molecule has 5 heteroatoms. The Kier molecular flexibility index (Phi) is 3.62. The van der Waals surface area contributed by atoms with Gasteiger partial charge in [0.15, 0.2) is 0 Å². The van der Waals surface area contributed by atoms with Gasteiger partial charge < -0.3 is 10.4 Å². The van der Waals surface area contributed by atoms with Crippen molar-refractivity contribution < 1.29 is 5.11 Å². The van der Waals surface area contributed by atoms with Gasteiger partial charge in [0.2, 0.25) is 0 Å². The molecule has 0 amide bonds. The number of aromatic nitrogens is 2. The quantitative estimate of drug-likeness (QED) is 0.865. The highest BCUT2D eigenvalue weighted by Gasteiger charge is 2.42. The Bertz CT molecular complexity index is 458. The SMILES string of the molecule is Cc1cc(SC2CCC(CO)(NC3CC3)C2)n(C)n1. The number of nitrogens with one attached hydrogen (secondary N) is 1. The molecule has 19 heavy (non-hydrogen) atoms. The first-order valence-corrected chi connectivity index (χ1v) is 8.04. The summed E-state index contributed by atoms with van der Waals surface area (Å²) in [5, 5.41) is 19.6. The number of aliphatic hydroxyl groups is 1. The number of rotatable bonds is 5. The van der Waals surface area contributed by atoms with Gasteiger partial charge in [-0.15, -0.1) is 11.8 Å². The summed E-state index contributed by atoms with van der Waals surface area (Å²) >= 11 is 1.91. The predicted octanol–water partition coefficient (Wildman–Crippen LogP) is 1.86. The molecule has 0 aromatic carbocycles. The van der Waals surface area contributed by atoms with Crippen molar-refractivity contribution in [1.29, 1.82) is 0 Å². The standard InChI is InChI=1S/C14H23N3OS/c1-10-7-13(17(2)16-10)19-12-5-6-14(8-12,9-18)15-11-3-4-11/h7,11-12,15,18H,3-6,8-9H2,1-2H3. The van der Waals surface area contributed by atoms with Gasteiger partial charge in [0, 0.05) is 23.9 Å². The smallest absolute Gasteiger partial charge is 0.0942 e. The lowest BCUT2D eigenvalue weighted by Gasteiger charge is -2.28. The molecule has 2 unspecified atom stereocenters. The number of hydrogen-bond donors (Lipinski definition) is 2. The summed E-state index contributed by atoms with van der Waals surface area (Å²) in [7, 11) is 2.01. The van der Waals surface area contributed by atoms with Crippen LogP contribution in [-0.4, -0.2) is 38.3 Å². The fourth-order valence-corrected chi connectivity index (χ4v) is 4.44. The molecule has 2 N–H and O–H groups in total. The van der Waals surface area contributed by atoms with Crippen LogP contribution in [0.2, 0.25) is 0 Å². The lowest BCUT2D eigenvalue weighted by atomic mass is 9.99. The molecular formula is C14H23N3OS. The van der Waals surface area contributed by atoms with Gasteiger partial charge in [0.1, 0.15) is 0 Å². The Morgan fingerprint density at radius 3 is 2.89 bits per heavy atom. The van der Waals surface area contributed by atoms with Crippen molar-refractivity contribution >= 4 is 11.8 Å². The fraction of sp³-hybridized carbons (Fsp3) is 0.786. The van der Waals surface area contributed by atoms with E-state index in [4.69, 9.17) is 0 Å². The van der Waals surface area contributed by atoms with Gasteiger partial charge in [-0.1, -0.05) is 0 Å². The summed E-state index contributed by atoms with van der Waals surface area (Å²) in [4.78, 5) is 0. The zero-order valence-electron chi connectivity index (χ0n) is 11.7. The highest BCUT2D eigenvalue weighted by molar-refractivity contribution is 7.99. The van der Waals surface area contributed by atoms with Gasteiger partial charge in [0.05, 0.1) is 17.3 Å². The molecule has 2 aliphatic carbocycles. The Balaban J connectivity index is 1.62. The molecule has 0 spiro atoms. The summed E-state index contributed by atoms with van der Waals surface area (Å²) in [6.45, 7) is 2.30. The topological polar surface area (TPSA) is 50.1 Å². The van der Waals surface area contributed by atoms with Crippen LogP contribution in [0.4, 0.5) is 0 Å². The Labute approximate surface area is 119 Å². The van der Waals surface area contributed by atoms with E-state index in [-0.39, 0.29) is 12.1 Å². The second-order valence-electron chi connectivity index (χ2n) is 6.09. The largest absolute Gasteiger partial charge is 0.394 e. The van der Waals surface area contributed by atoms with Crippen molar-refractivity contribution in [3.63, 3.8) is 0 Å². The van der Waals surface area contributed by atoms with E-state index in [2.05, 4.69) is 16.5 Å². The molecule has 1 aromatic rings. The third kappa shape index (κ3) is 2.98. The zero-order valence-corrected chi connectivity index (χ0v) is 12.5. The molecule has 106 valence electrons. The molecular weight excluding hydrogens is 258 g/mol. The van der Waals surface area contributed by atoms with Gasteiger partial charge in [-0.25, -0.2) is 0 Å². The summed E-state index contributed by atoms with van der Waals surface area (Å²) < 4.78 is 1.97. The molecule has 0 aliphatic heterocycles. The van der Waals surface area contributed by atoms with Crippen LogP contribution in [-0.2, 0) is 7.05 Å². The average Bonchev–Trinajstić information content (AvgIpc) is 3.00. The van der Waals surface area contributed by atoms with E-state index in [0.29, 0.717) is 11.3 Å². The summed E-state index contributed by atoms with van der Waals surface area (Å²) in [6.07, 6.45) is 5.89. The zero-order chi connectivity index (χ0) is 13.5. The number of nitrogens with zero attached hydrogens (tertiary/aromatic N) is 2. The molecule has 2 fully saturated rings. The molecule has 0 radical (unpaired) electrons. The molecule has 4 nitrogen and oxygen atoms in total. The lowest BCUT2D eigenvalue weighted by molar-refractivity contribution is 0.163. The van der Waals surface area contributed by atoms with Crippen LogP contribution in [0.25, 0.3) is 0 Å². The van der Waals surface area contributed by atoms with E-state index < -0.39 is 0 Å². The third-order valence-electron chi connectivity index (χ3n) is 4.20. The van der Waals surface area contributed by atoms with Crippen molar-refractivity contribution in [1.82, 2.24) is 15.1 Å². The third-order valence-corrected chi connectivity index (χ3v) is 5.56. The maximum absolute atomic E-state index is 9.75. The van der Waals surface area contributed by atoms with Crippen LogP contribution in [0.1, 0.15) is 37.8 Å². The number of aliphatic hydroxyl groups excluding tert-OH is 1. The first-order chi connectivity index (χ1) is 9.10. The van der Waals surface area contributed by atoms with Crippen LogP contribution < -0.4 is 5.32 Å². The van der Waals surface area contributed by atoms with Crippen molar-refractivity contribution in [3.8, 4) is 0 Å². The highest BCUT2D eigenvalue weighted by atomic mass is 32.2. The van der Waals surface area contributed by atoms with E-state index >= 15 is 0 Å². The van der Waals surface area contributed by atoms with E-state index in [1.54, 1.807) is 0 Å². The van der Waals surface area contributed by atoms with Crippen molar-refractivity contribution in [2.75, 3.05) is 6.61 Å². The second-order valence-corrected chi connectivity index (χ2v) is 7.41. The molecule has 3 rings (SSSR count). The van der Waals surface area contributed by atoms with Gasteiger partial charge in [-0.3, -0.25) is 4.68 Å². The van der Waals surface area contributed by atoms with Crippen LogP contribution in [0.3, 0.4) is 0 Å². The first-order valence-electron chi connectivity index (χ1n) is 7.16. The van der Waals surface area contributed by atoms with E-state index in [9.17, 15) is 5.11 Å². The number of hydrogen-bond acceptors (Lipinski definition) is 4. The van der Waals surface area contributed by atoms with Crippen LogP contribution in [0.5, 0.6) is 0 Å². The molecule has 2 atom stereocenters. The van der Waals surface area contributed by atoms with Crippen molar-refractivity contribution in [2.45, 2.75) is 60.9 Å². The summed E-state index contributed by atoms with van der Waals surface area (Å²) in [5.41, 5.74) is 1.06. The van der Waals surface area contributed by atoms with Crippen LogP contribution in [0.15, 0.2) is 11.1 Å².